The van der Waals surface area contributed by atoms with E-state index in [1.165, 1.54) is 12.8 Å². The van der Waals surface area contributed by atoms with Gasteiger partial charge in [-0.15, -0.1) is 11.3 Å². The average Bonchev–Trinajstić information content (AvgIpc) is 3.05. The van der Waals surface area contributed by atoms with E-state index in [0.29, 0.717) is 18.3 Å². The molecule has 0 aliphatic carbocycles. The van der Waals surface area contributed by atoms with Gasteiger partial charge in [0.2, 0.25) is 5.91 Å². The summed E-state index contributed by atoms with van der Waals surface area (Å²) in [5.74, 6) is 1.17. The van der Waals surface area contributed by atoms with Gasteiger partial charge in [-0.3, -0.25) is 4.79 Å². The van der Waals surface area contributed by atoms with Crippen LogP contribution in [0.15, 0.2) is 30.3 Å². The molecule has 2 N–H and O–H groups in total. The van der Waals surface area contributed by atoms with Gasteiger partial charge < -0.3 is 10.6 Å². The van der Waals surface area contributed by atoms with Crippen LogP contribution in [0.3, 0.4) is 0 Å². The molecule has 1 saturated heterocycles. The van der Waals surface area contributed by atoms with Crippen LogP contribution < -0.4 is 10.6 Å². The second-order valence-electron chi connectivity index (χ2n) is 7.41. The van der Waals surface area contributed by atoms with E-state index in [2.05, 4.69) is 36.6 Å². The first kappa shape index (κ1) is 19.1. The molecule has 0 bridgehead atoms. The van der Waals surface area contributed by atoms with E-state index >= 15 is 0 Å². The molecule has 0 saturated carbocycles. The molecule has 0 radical (unpaired) electrons. The van der Waals surface area contributed by atoms with Crippen molar-refractivity contribution in [2.75, 3.05) is 13.1 Å². The number of rotatable bonds is 6. The minimum Gasteiger partial charge on any atom is -0.349 e. The second kappa shape index (κ2) is 8.78. The Morgan fingerprint density at radius 1 is 1.35 bits per heavy atom. The first-order chi connectivity index (χ1) is 12.5. The zero-order chi connectivity index (χ0) is 18.5. The van der Waals surface area contributed by atoms with E-state index in [-0.39, 0.29) is 11.9 Å². The van der Waals surface area contributed by atoms with E-state index in [1.54, 1.807) is 11.3 Å². The summed E-state index contributed by atoms with van der Waals surface area (Å²) in [6, 6.07) is 10.2. The summed E-state index contributed by atoms with van der Waals surface area (Å²) < 4.78 is 0. The highest BCUT2D eigenvalue weighted by molar-refractivity contribution is 7.15. The fraction of sp³-hybridized carbons (Fsp3) is 0.524. The lowest BCUT2D eigenvalue weighted by atomic mass is 9.85. The number of nitrogens with one attached hydrogen (secondary N) is 2. The molecule has 1 aromatic heterocycles. The Labute approximate surface area is 160 Å². The number of hydrogen-bond acceptors (Lipinski definition) is 4. The van der Waals surface area contributed by atoms with Gasteiger partial charge in [0.15, 0.2) is 0 Å². The van der Waals surface area contributed by atoms with E-state index in [0.717, 1.165) is 34.2 Å². The lowest BCUT2D eigenvalue weighted by Crippen LogP contribution is -2.36. The fourth-order valence-corrected chi connectivity index (χ4v) is 4.78. The van der Waals surface area contributed by atoms with E-state index < -0.39 is 0 Å². The number of hydrogen-bond donors (Lipinski definition) is 2. The standard InChI is InChI=1S/C21H29N3OS/c1-14(18-10-7-11-22-13-18)12-19(25)23-15(2)20-16(3)24-21(26-20)17-8-5-4-6-9-17/h4-6,8-9,14-15,18,22H,7,10-13H2,1-3H3,(H,23,25). The van der Waals surface area contributed by atoms with Crippen molar-refractivity contribution in [3.05, 3.63) is 40.9 Å². The van der Waals surface area contributed by atoms with Gasteiger partial charge in [0.1, 0.15) is 5.01 Å². The lowest BCUT2D eigenvalue weighted by molar-refractivity contribution is -0.123. The summed E-state index contributed by atoms with van der Waals surface area (Å²) in [6.07, 6.45) is 3.04. The number of carbonyl (C=O) groups is 1. The molecule has 140 valence electrons. The highest BCUT2D eigenvalue weighted by atomic mass is 32.1. The number of aryl methyl sites for hydroxylation is 1. The van der Waals surface area contributed by atoms with Gasteiger partial charge in [0.05, 0.1) is 16.6 Å². The predicted molar refractivity (Wildman–Crippen MR) is 108 cm³/mol. The number of aromatic nitrogens is 1. The molecule has 4 nitrogen and oxygen atoms in total. The Hall–Kier alpha value is -1.72. The Morgan fingerprint density at radius 2 is 2.12 bits per heavy atom. The minimum absolute atomic E-state index is 0.00542. The van der Waals surface area contributed by atoms with Gasteiger partial charge in [-0.2, -0.15) is 0 Å². The normalized spacial score (nSPS) is 19.7. The molecule has 5 heteroatoms. The maximum atomic E-state index is 12.5. The predicted octanol–water partition coefficient (Wildman–Crippen LogP) is 4.32. The van der Waals surface area contributed by atoms with E-state index in [4.69, 9.17) is 4.98 Å². The molecule has 26 heavy (non-hydrogen) atoms. The molecule has 3 unspecified atom stereocenters. The molecule has 1 amide bonds. The number of thiazole rings is 1. The van der Waals surface area contributed by atoms with Crippen molar-refractivity contribution in [1.29, 1.82) is 0 Å². The van der Waals surface area contributed by atoms with Crippen molar-refractivity contribution in [3.63, 3.8) is 0 Å². The molecule has 1 aromatic carbocycles. The fourth-order valence-electron chi connectivity index (χ4n) is 3.70. The van der Waals surface area contributed by atoms with Gasteiger partial charge in [0.25, 0.3) is 0 Å². The Kier molecular flexibility index (Phi) is 6.43. The highest BCUT2D eigenvalue weighted by Crippen LogP contribution is 2.32. The third-order valence-corrected chi connectivity index (χ3v) is 6.66. The molecule has 1 aliphatic rings. The average molecular weight is 372 g/mol. The first-order valence-corrected chi connectivity index (χ1v) is 10.4. The summed E-state index contributed by atoms with van der Waals surface area (Å²) in [7, 11) is 0. The molecule has 3 atom stereocenters. The van der Waals surface area contributed by atoms with Crippen molar-refractivity contribution in [1.82, 2.24) is 15.6 Å². The van der Waals surface area contributed by atoms with Crippen LogP contribution in [0, 0.1) is 18.8 Å². The van der Waals surface area contributed by atoms with Crippen molar-refractivity contribution in [2.24, 2.45) is 11.8 Å². The number of carbonyl (C=O) groups excluding carboxylic acids is 1. The van der Waals surface area contributed by atoms with Gasteiger partial charge in [-0.1, -0.05) is 37.3 Å². The number of piperidine rings is 1. The lowest BCUT2D eigenvalue weighted by Gasteiger charge is -2.28. The molecular formula is C21H29N3OS. The third kappa shape index (κ3) is 4.71. The molecule has 2 aromatic rings. The van der Waals surface area contributed by atoms with Crippen molar-refractivity contribution < 1.29 is 4.79 Å². The van der Waals surface area contributed by atoms with Crippen LogP contribution in [-0.2, 0) is 4.79 Å². The molecular weight excluding hydrogens is 342 g/mol. The molecule has 1 fully saturated rings. The number of amides is 1. The molecule has 1 aliphatic heterocycles. The summed E-state index contributed by atoms with van der Waals surface area (Å²) in [5, 5.41) is 7.64. The van der Waals surface area contributed by atoms with Crippen LogP contribution in [0.4, 0.5) is 0 Å². The van der Waals surface area contributed by atoms with Gasteiger partial charge in [-0.05, 0) is 51.6 Å². The third-order valence-electron chi connectivity index (χ3n) is 5.27. The monoisotopic (exact) mass is 371 g/mol. The Morgan fingerprint density at radius 3 is 2.81 bits per heavy atom. The van der Waals surface area contributed by atoms with Gasteiger partial charge >= 0.3 is 0 Å². The van der Waals surface area contributed by atoms with E-state index in [9.17, 15) is 4.79 Å². The van der Waals surface area contributed by atoms with Crippen LogP contribution in [0.5, 0.6) is 0 Å². The van der Waals surface area contributed by atoms with Crippen LogP contribution in [-0.4, -0.2) is 24.0 Å². The highest BCUT2D eigenvalue weighted by Gasteiger charge is 2.23. The summed E-state index contributed by atoms with van der Waals surface area (Å²) >= 11 is 1.67. The van der Waals surface area contributed by atoms with Crippen molar-refractivity contribution in [3.8, 4) is 10.6 Å². The summed E-state index contributed by atoms with van der Waals surface area (Å²) in [6.45, 7) is 8.43. The molecule has 2 heterocycles. The zero-order valence-corrected chi connectivity index (χ0v) is 16.7. The van der Waals surface area contributed by atoms with Gasteiger partial charge in [-0.25, -0.2) is 4.98 Å². The second-order valence-corrected chi connectivity index (χ2v) is 8.44. The SMILES string of the molecule is Cc1nc(-c2ccccc2)sc1C(C)NC(=O)CC(C)C1CCCNC1. The molecule has 3 rings (SSSR count). The van der Waals surface area contributed by atoms with Crippen LogP contribution in [0.2, 0.25) is 0 Å². The quantitative estimate of drug-likeness (QED) is 0.795. The zero-order valence-electron chi connectivity index (χ0n) is 15.9. The maximum absolute atomic E-state index is 12.5. The van der Waals surface area contributed by atoms with Crippen LogP contribution >= 0.6 is 11.3 Å². The maximum Gasteiger partial charge on any atom is 0.220 e. The smallest absolute Gasteiger partial charge is 0.220 e. The number of benzene rings is 1. The van der Waals surface area contributed by atoms with Crippen LogP contribution in [0.1, 0.15) is 49.7 Å². The largest absolute Gasteiger partial charge is 0.349 e. The minimum atomic E-state index is -0.00542. The topological polar surface area (TPSA) is 54.0 Å². The summed E-state index contributed by atoms with van der Waals surface area (Å²) in [4.78, 5) is 18.4. The number of nitrogens with zero attached hydrogens (tertiary/aromatic N) is 1. The van der Waals surface area contributed by atoms with E-state index in [1.807, 2.05) is 25.1 Å². The summed E-state index contributed by atoms with van der Waals surface area (Å²) in [5.41, 5.74) is 2.13. The first-order valence-electron chi connectivity index (χ1n) is 9.57. The van der Waals surface area contributed by atoms with Crippen molar-refractivity contribution >= 4 is 17.2 Å². The van der Waals surface area contributed by atoms with Gasteiger partial charge in [0, 0.05) is 12.0 Å². The molecule has 0 spiro atoms. The Balaban J connectivity index is 1.60. The van der Waals surface area contributed by atoms with Crippen LogP contribution in [0.25, 0.3) is 10.6 Å². The van der Waals surface area contributed by atoms with Crippen molar-refractivity contribution in [2.45, 2.75) is 46.1 Å². The Bertz CT molecular complexity index is 722.